The molecule has 0 unspecified atom stereocenters. The van der Waals surface area contributed by atoms with Crippen molar-refractivity contribution in [2.75, 3.05) is 13.1 Å². The molecule has 2 atom stereocenters. The number of benzene rings is 1. The molecule has 156 valence electrons. The Morgan fingerprint density at radius 1 is 1.17 bits per heavy atom. The summed E-state index contributed by atoms with van der Waals surface area (Å²) in [7, 11) is 0. The van der Waals surface area contributed by atoms with Crippen molar-refractivity contribution in [3.63, 3.8) is 0 Å². The molecular formula is C24H27N3O3. The standard InChI is InChI=1S/C24H27N3O3/c28-23(27-14-12-24(29)11-5-3-7-18(24)15-27)20-8-1-2-9-21(20)30-17-19-16-26-13-6-4-10-22(26)25-19/h1-2,4,6,8-10,13,16,18,29H,3,5,7,11-12,14-15,17H2/t18-,24-/m1/s1. The Balaban J connectivity index is 1.31. The number of aliphatic hydroxyl groups is 1. The highest BCUT2D eigenvalue weighted by Crippen LogP contribution is 2.40. The maximum absolute atomic E-state index is 13.3. The molecule has 1 aliphatic heterocycles. The zero-order valence-electron chi connectivity index (χ0n) is 17.0. The second-order valence-electron chi connectivity index (χ2n) is 8.53. The molecule has 0 bridgehead atoms. The molecule has 1 aromatic carbocycles. The van der Waals surface area contributed by atoms with E-state index in [0.717, 1.165) is 37.0 Å². The predicted molar refractivity (Wildman–Crippen MR) is 113 cm³/mol. The van der Waals surface area contributed by atoms with Crippen molar-refractivity contribution in [1.29, 1.82) is 0 Å². The number of para-hydroxylation sites is 1. The van der Waals surface area contributed by atoms with Crippen LogP contribution in [-0.4, -0.2) is 44.0 Å². The Hall–Kier alpha value is -2.86. The normalized spacial score (nSPS) is 23.9. The molecule has 1 saturated carbocycles. The van der Waals surface area contributed by atoms with Crippen LogP contribution >= 0.6 is 0 Å². The Kier molecular flexibility index (Phi) is 4.95. The molecule has 6 heteroatoms. The van der Waals surface area contributed by atoms with Gasteiger partial charge in [-0.1, -0.05) is 31.0 Å². The minimum absolute atomic E-state index is 0.0202. The fourth-order valence-corrected chi connectivity index (χ4v) is 4.90. The first-order chi connectivity index (χ1) is 14.6. The third-order valence-corrected chi connectivity index (χ3v) is 6.62. The van der Waals surface area contributed by atoms with Crippen molar-refractivity contribution in [2.45, 2.75) is 44.3 Å². The molecular weight excluding hydrogens is 378 g/mol. The monoisotopic (exact) mass is 405 g/mol. The molecule has 6 nitrogen and oxygen atoms in total. The SMILES string of the molecule is O=C(c1ccccc1OCc1cn2ccccc2n1)N1CC[C@]2(O)CCCC[C@@H]2C1. The number of piperidine rings is 1. The van der Waals surface area contributed by atoms with Gasteiger partial charge in [0.2, 0.25) is 0 Å². The topological polar surface area (TPSA) is 67.1 Å². The van der Waals surface area contributed by atoms with Crippen molar-refractivity contribution in [2.24, 2.45) is 5.92 Å². The maximum atomic E-state index is 13.3. The van der Waals surface area contributed by atoms with Crippen molar-refractivity contribution < 1.29 is 14.6 Å². The molecule has 0 radical (unpaired) electrons. The summed E-state index contributed by atoms with van der Waals surface area (Å²) in [5, 5.41) is 10.9. The first kappa shape index (κ1) is 19.1. The van der Waals surface area contributed by atoms with Crippen molar-refractivity contribution in [3.05, 3.63) is 66.1 Å². The average molecular weight is 405 g/mol. The predicted octanol–water partition coefficient (Wildman–Crippen LogP) is 3.68. The van der Waals surface area contributed by atoms with Crippen molar-refractivity contribution in [3.8, 4) is 5.75 Å². The average Bonchev–Trinajstić information content (AvgIpc) is 3.20. The number of amides is 1. The van der Waals surface area contributed by atoms with Crippen molar-refractivity contribution in [1.82, 2.24) is 14.3 Å². The zero-order valence-corrected chi connectivity index (χ0v) is 17.0. The van der Waals surface area contributed by atoms with Crippen LogP contribution in [0.1, 0.15) is 48.2 Å². The van der Waals surface area contributed by atoms with E-state index in [2.05, 4.69) is 4.98 Å². The van der Waals surface area contributed by atoms with Crippen LogP contribution < -0.4 is 4.74 Å². The molecule has 3 heterocycles. The minimum atomic E-state index is -0.589. The molecule has 30 heavy (non-hydrogen) atoms. The van der Waals surface area contributed by atoms with E-state index in [9.17, 15) is 9.90 Å². The number of rotatable bonds is 4. The molecule has 0 spiro atoms. The number of likely N-dealkylation sites (tertiary alicyclic amines) is 1. The molecule has 2 fully saturated rings. The molecule has 5 rings (SSSR count). The van der Waals surface area contributed by atoms with E-state index in [1.807, 2.05) is 64.2 Å². The molecule has 1 aliphatic carbocycles. The maximum Gasteiger partial charge on any atom is 0.257 e. The first-order valence-electron chi connectivity index (χ1n) is 10.8. The minimum Gasteiger partial charge on any atom is -0.486 e. The summed E-state index contributed by atoms with van der Waals surface area (Å²) >= 11 is 0. The number of hydrogen-bond acceptors (Lipinski definition) is 4. The summed E-state index contributed by atoms with van der Waals surface area (Å²) in [5.74, 6) is 0.729. The van der Waals surface area contributed by atoms with Gasteiger partial charge in [0, 0.05) is 31.4 Å². The lowest BCUT2D eigenvalue weighted by atomic mass is 9.71. The molecule has 1 N–H and O–H groups in total. The van der Waals surface area contributed by atoms with Gasteiger partial charge < -0.3 is 19.1 Å². The Bertz CT molecular complexity index is 1030. The summed E-state index contributed by atoms with van der Waals surface area (Å²) in [6, 6.07) is 13.3. The van der Waals surface area contributed by atoms with Crippen LogP contribution in [0.5, 0.6) is 5.75 Å². The van der Waals surface area contributed by atoms with Gasteiger partial charge in [0.1, 0.15) is 18.0 Å². The van der Waals surface area contributed by atoms with Crippen LogP contribution in [0.2, 0.25) is 0 Å². The Morgan fingerprint density at radius 3 is 2.93 bits per heavy atom. The molecule has 1 amide bonds. The Morgan fingerprint density at radius 2 is 2.03 bits per heavy atom. The largest absolute Gasteiger partial charge is 0.486 e. The summed E-state index contributed by atoms with van der Waals surface area (Å²) < 4.78 is 7.97. The second kappa shape index (κ2) is 7.76. The lowest BCUT2D eigenvalue weighted by Gasteiger charge is -2.47. The van der Waals surface area contributed by atoms with E-state index >= 15 is 0 Å². The number of hydrogen-bond donors (Lipinski definition) is 1. The van der Waals surface area contributed by atoms with Crippen LogP contribution in [0.15, 0.2) is 54.9 Å². The van der Waals surface area contributed by atoms with E-state index in [0.29, 0.717) is 37.4 Å². The fraction of sp³-hybridized carbons (Fsp3) is 0.417. The molecule has 3 aromatic rings. The van der Waals surface area contributed by atoms with Gasteiger partial charge in [0.25, 0.3) is 5.91 Å². The third-order valence-electron chi connectivity index (χ3n) is 6.62. The second-order valence-corrected chi connectivity index (χ2v) is 8.53. The van der Waals surface area contributed by atoms with Gasteiger partial charge in [-0.05, 0) is 43.5 Å². The van der Waals surface area contributed by atoms with Crippen LogP contribution in [0, 0.1) is 5.92 Å². The number of ether oxygens (including phenoxy) is 1. The smallest absolute Gasteiger partial charge is 0.257 e. The molecule has 1 saturated heterocycles. The summed E-state index contributed by atoms with van der Waals surface area (Å²) in [5.41, 5.74) is 1.67. The highest BCUT2D eigenvalue weighted by Gasteiger charge is 2.44. The van der Waals surface area contributed by atoms with E-state index < -0.39 is 5.60 Å². The number of nitrogens with zero attached hydrogens (tertiary/aromatic N) is 3. The fourth-order valence-electron chi connectivity index (χ4n) is 4.90. The number of fused-ring (bicyclic) bond motifs is 2. The van der Waals surface area contributed by atoms with E-state index in [-0.39, 0.29) is 11.8 Å². The molecule has 2 aliphatic rings. The van der Waals surface area contributed by atoms with E-state index in [1.165, 1.54) is 0 Å². The number of carbonyl (C=O) groups excluding carboxylic acids is 1. The van der Waals surface area contributed by atoms with Gasteiger partial charge in [-0.3, -0.25) is 4.79 Å². The third kappa shape index (κ3) is 3.56. The summed E-state index contributed by atoms with van der Waals surface area (Å²) in [6.07, 6.45) is 8.62. The number of aromatic nitrogens is 2. The van der Waals surface area contributed by atoms with Crippen LogP contribution in [0.25, 0.3) is 5.65 Å². The van der Waals surface area contributed by atoms with Gasteiger partial charge in [-0.15, -0.1) is 0 Å². The number of imidazole rings is 1. The Labute approximate surface area is 176 Å². The highest BCUT2D eigenvalue weighted by molar-refractivity contribution is 5.97. The van der Waals surface area contributed by atoms with E-state index in [1.54, 1.807) is 0 Å². The number of pyridine rings is 1. The van der Waals surface area contributed by atoms with Gasteiger partial charge in [-0.25, -0.2) is 4.98 Å². The quantitative estimate of drug-likeness (QED) is 0.719. The first-order valence-corrected chi connectivity index (χ1v) is 10.8. The zero-order chi connectivity index (χ0) is 20.6. The van der Waals surface area contributed by atoms with Gasteiger partial charge >= 0.3 is 0 Å². The van der Waals surface area contributed by atoms with Crippen LogP contribution in [-0.2, 0) is 6.61 Å². The van der Waals surface area contributed by atoms with Crippen LogP contribution in [0.3, 0.4) is 0 Å². The van der Waals surface area contributed by atoms with Gasteiger partial charge in [0.15, 0.2) is 0 Å². The van der Waals surface area contributed by atoms with E-state index in [4.69, 9.17) is 4.74 Å². The summed E-state index contributed by atoms with van der Waals surface area (Å²) in [4.78, 5) is 19.7. The number of carbonyl (C=O) groups is 1. The molecule has 2 aromatic heterocycles. The van der Waals surface area contributed by atoms with Crippen LogP contribution in [0.4, 0.5) is 0 Å². The van der Waals surface area contributed by atoms with Gasteiger partial charge in [-0.2, -0.15) is 0 Å². The van der Waals surface area contributed by atoms with Gasteiger partial charge in [0.05, 0.1) is 16.9 Å². The highest BCUT2D eigenvalue weighted by atomic mass is 16.5. The lowest BCUT2D eigenvalue weighted by Crippen LogP contribution is -2.54. The summed E-state index contributed by atoms with van der Waals surface area (Å²) in [6.45, 7) is 1.51. The van der Waals surface area contributed by atoms with Crippen molar-refractivity contribution >= 4 is 11.6 Å². The lowest BCUT2D eigenvalue weighted by molar-refractivity contribution is -0.0886.